The van der Waals surface area contributed by atoms with Gasteiger partial charge in [0.1, 0.15) is 5.82 Å². The van der Waals surface area contributed by atoms with Crippen LogP contribution in [0.2, 0.25) is 0 Å². The molecule has 1 aliphatic carbocycles. The lowest BCUT2D eigenvalue weighted by Gasteiger charge is -2.38. The second kappa shape index (κ2) is 9.31. The molecule has 0 spiro atoms. The molecule has 1 saturated heterocycles. The predicted molar refractivity (Wildman–Crippen MR) is 127 cm³/mol. The molecule has 33 heavy (non-hydrogen) atoms. The Morgan fingerprint density at radius 3 is 2.45 bits per heavy atom. The van der Waals surface area contributed by atoms with Gasteiger partial charge in [0.05, 0.1) is 11.6 Å². The first-order valence-corrected chi connectivity index (χ1v) is 12.1. The molecular weight excluding hydrogens is 439 g/mol. The van der Waals surface area contributed by atoms with Crippen molar-refractivity contribution in [3.63, 3.8) is 0 Å². The summed E-state index contributed by atoms with van der Waals surface area (Å²) in [6.45, 7) is 2.69. The number of rotatable bonds is 4. The van der Waals surface area contributed by atoms with E-state index in [0.29, 0.717) is 36.9 Å². The molecule has 6 nitrogen and oxygen atoms in total. The van der Waals surface area contributed by atoms with Crippen molar-refractivity contribution in [3.8, 4) is 0 Å². The smallest absolute Gasteiger partial charge is 0.257 e. The van der Waals surface area contributed by atoms with Crippen LogP contribution in [-0.2, 0) is 11.2 Å². The lowest BCUT2D eigenvalue weighted by Crippen LogP contribution is -2.50. The lowest BCUT2D eigenvalue weighted by atomic mass is 9.89. The molecule has 1 unspecified atom stereocenters. The molecule has 170 valence electrons. The molecule has 2 aromatic carbocycles. The largest absolute Gasteiger partial charge is 0.368 e. The van der Waals surface area contributed by atoms with E-state index in [1.165, 1.54) is 23.5 Å². The first kappa shape index (κ1) is 21.6. The lowest BCUT2D eigenvalue weighted by molar-refractivity contribution is -0.133. The van der Waals surface area contributed by atoms with Crippen LogP contribution >= 0.6 is 11.3 Å². The molecular formula is C25H25FN4O2S. The highest BCUT2D eigenvalue weighted by Crippen LogP contribution is 2.38. The van der Waals surface area contributed by atoms with Crippen molar-refractivity contribution in [2.75, 3.05) is 36.4 Å². The van der Waals surface area contributed by atoms with E-state index in [9.17, 15) is 14.0 Å². The summed E-state index contributed by atoms with van der Waals surface area (Å²) in [6.07, 6.45) is 2.60. The second-order valence-corrected chi connectivity index (χ2v) is 9.46. The van der Waals surface area contributed by atoms with Gasteiger partial charge < -0.3 is 9.80 Å². The third kappa shape index (κ3) is 4.61. The molecule has 1 atom stereocenters. The van der Waals surface area contributed by atoms with E-state index >= 15 is 0 Å². The third-order valence-electron chi connectivity index (χ3n) is 6.29. The summed E-state index contributed by atoms with van der Waals surface area (Å²) in [6, 6.07) is 15.5. The zero-order chi connectivity index (χ0) is 22.8. The average molecular weight is 465 g/mol. The van der Waals surface area contributed by atoms with E-state index in [4.69, 9.17) is 0 Å². The van der Waals surface area contributed by atoms with E-state index in [2.05, 4.69) is 15.2 Å². The minimum atomic E-state index is -0.259. The fourth-order valence-corrected chi connectivity index (χ4v) is 5.59. The number of anilines is 2. The average Bonchev–Trinajstić information content (AvgIpc) is 3.27. The number of nitrogens with one attached hydrogen (secondary N) is 1. The molecule has 8 heteroatoms. The van der Waals surface area contributed by atoms with Gasteiger partial charge in [0, 0.05) is 42.3 Å². The number of hydrogen-bond donors (Lipinski definition) is 1. The molecule has 2 heterocycles. The summed E-state index contributed by atoms with van der Waals surface area (Å²) in [5.74, 6) is -0.588. The number of aromatic nitrogens is 1. The second-order valence-electron chi connectivity index (χ2n) is 8.38. The SMILES string of the molecule is O=C(Nc1nc2c(s1)CCCC2C(=O)N1CCN(c2ccc(F)cc2)CC1)c1ccccc1. The number of thiazole rings is 1. The van der Waals surface area contributed by atoms with Gasteiger partial charge in [-0.1, -0.05) is 18.2 Å². The predicted octanol–water partition coefficient (Wildman–Crippen LogP) is 4.30. The molecule has 0 bridgehead atoms. The summed E-state index contributed by atoms with van der Waals surface area (Å²) in [4.78, 5) is 35.8. The number of nitrogens with zero attached hydrogens (tertiary/aromatic N) is 3. The summed E-state index contributed by atoms with van der Waals surface area (Å²) in [5.41, 5.74) is 2.37. The van der Waals surface area contributed by atoms with E-state index < -0.39 is 0 Å². The van der Waals surface area contributed by atoms with Gasteiger partial charge in [-0.3, -0.25) is 14.9 Å². The number of carbonyl (C=O) groups excluding carboxylic acids is 2. The maximum atomic E-state index is 13.4. The van der Waals surface area contributed by atoms with Crippen molar-refractivity contribution < 1.29 is 14.0 Å². The summed E-state index contributed by atoms with van der Waals surface area (Å²) >= 11 is 1.47. The Hall–Kier alpha value is -3.26. The molecule has 2 amide bonds. The standard InChI is InChI=1S/C25H25FN4O2S/c26-18-9-11-19(12-10-18)29-13-15-30(16-14-29)24(32)20-7-4-8-21-22(20)27-25(33-21)28-23(31)17-5-2-1-3-6-17/h1-3,5-6,9-12,20H,4,7-8,13-16H2,(H,27,28,31). The Balaban J connectivity index is 1.25. The number of benzene rings is 2. The van der Waals surface area contributed by atoms with Crippen LogP contribution in [0, 0.1) is 5.82 Å². The number of amides is 2. The highest BCUT2D eigenvalue weighted by atomic mass is 32.1. The van der Waals surface area contributed by atoms with Crippen LogP contribution in [0.15, 0.2) is 54.6 Å². The molecule has 5 rings (SSSR count). The van der Waals surface area contributed by atoms with E-state index in [1.807, 2.05) is 23.1 Å². The minimum absolute atomic E-state index is 0.112. The van der Waals surface area contributed by atoms with Crippen molar-refractivity contribution >= 4 is 34.0 Å². The monoisotopic (exact) mass is 464 g/mol. The zero-order valence-electron chi connectivity index (χ0n) is 18.2. The molecule has 1 fully saturated rings. The summed E-state index contributed by atoms with van der Waals surface area (Å²) in [7, 11) is 0. The van der Waals surface area contributed by atoms with Crippen LogP contribution in [0.3, 0.4) is 0 Å². The first-order chi connectivity index (χ1) is 16.1. The van der Waals surface area contributed by atoms with Crippen molar-refractivity contribution in [2.45, 2.75) is 25.2 Å². The van der Waals surface area contributed by atoms with Gasteiger partial charge in [0.2, 0.25) is 5.91 Å². The Kier molecular flexibility index (Phi) is 6.09. The number of fused-ring (bicyclic) bond motifs is 1. The fraction of sp³-hybridized carbons (Fsp3) is 0.320. The van der Waals surface area contributed by atoms with Gasteiger partial charge in [-0.15, -0.1) is 11.3 Å². The van der Waals surface area contributed by atoms with Crippen LogP contribution in [-0.4, -0.2) is 47.9 Å². The Bertz CT molecular complexity index is 1140. The van der Waals surface area contributed by atoms with Crippen molar-refractivity contribution in [3.05, 3.63) is 76.5 Å². The first-order valence-electron chi connectivity index (χ1n) is 11.2. The summed E-state index contributed by atoms with van der Waals surface area (Å²) in [5, 5.41) is 3.44. The van der Waals surface area contributed by atoms with Crippen molar-refractivity contribution in [1.82, 2.24) is 9.88 Å². The number of carbonyl (C=O) groups is 2. The van der Waals surface area contributed by atoms with Gasteiger partial charge >= 0.3 is 0 Å². The van der Waals surface area contributed by atoms with Crippen LogP contribution < -0.4 is 10.2 Å². The molecule has 0 radical (unpaired) electrons. The molecule has 1 aromatic heterocycles. The molecule has 1 aliphatic heterocycles. The van der Waals surface area contributed by atoms with Crippen LogP contribution in [0.5, 0.6) is 0 Å². The Labute approximate surface area is 196 Å². The number of piperazine rings is 1. The minimum Gasteiger partial charge on any atom is -0.368 e. The molecule has 1 N–H and O–H groups in total. The number of halogens is 1. The van der Waals surface area contributed by atoms with E-state index in [0.717, 1.165) is 35.5 Å². The Morgan fingerprint density at radius 2 is 1.73 bits per heavy atom. The van der Waals surface area contributed by atoms with Crippen LogP contribution in [0.4, 0.5) is 15.2 Å². The van der Waals surface area contributed by atoms with Crippen LogP contribution in [0.1, 0.15) is 39.7 Å². The molecule has 0 saturated carbocycles. The zero-order valence-corrected chi connectivity index (χ0v) is 19.0. The van der Waals surface area contributed by atoms with Crippen molar-refractivity contribution in [1.29, 1.82) is 0 Å². The van der Waals surface area contributed by atoms with Crippen molar-refractivity contribution in [2.24, 2.45) is 0 Å². The van der Waals surface area contributed by atoms with E-state index in [1.54, 1.807) is 24.3 Å². The third-order valence-corrected chi connectivity index (χ3v) is 7.34. The van der Waals surface area contributed by atoms with Gasteiger partial charge in [0.25, 0.3) is 5.91 Å². The van der Waals surface area contributed by atoms with Gasteiger partial charge in [0.15, 0.2) is 5.13 Å². The highest BCUT2D eigenvalue weighted by Gasteiger charge is 2.34. The molecule has 2 aliphatic rings. The Morgan fingerprint density at radius 1 is 1.00 bits per heavy atom. The molecule has 3 aromatic rings. The maximum Gasteiger partial charge on any atom is 0.257 e. The van der Waals surface area contributed by atoms with Gasteiger partial charge in [-0.2, -0.15) is 0 Å². The summed E-state index contributed by atoms with van der Waals surface area (Å²) < 4.78 is 13.2. The quantitative estimate of drug-likeness (QED) is 0.625. The number of hydrogen-bond acceptors (Lipinski definition) is 5. The topological polar surface area (TPSA) is 65.5 Å². The van der Waals surface area contributed by atoms with Crippen LogP contribution in [0.25, 0.3) is 0 Å². The highest BCUT2D eigenvalue weighted by molar-refractivity contribution is 7.16. The fourth-order valence-electron chi connectivity index (χ4n) is 4.53. The van der Waals surface area contributed by atoms with Gasteiger partial charge in [-0.05, 0) is 55.7 Å². The maximum absolute atomic E-state index is 13.4. The van der Waals surface area contributed by atoms with Gasteiger partial charge in [-0.25, -0.2) is 9.37 Å². The normalized spacial score (nSPS) is 18.0. The number of aryl methyl sites for hydroxylation is 1. The van der Waals surface area contributed by atoms with E-state index in [-0.39, 0.29) is 23.5 Å².